The lowest BCUT2D eigenvalue weighted by molar-refractivity contribution is -0.114. The quantitative estimate of drug-likeness (QED) is 0.528. The van der Waals surface area contributed by atoms with Crippen LogP contribution < -0.4 is 20.7 Å². The van der Waals surface area contributed by atoms with Gasteiger partial charge in [-0.25, -0.2) is 0 Å². The van der Waals surface area contributed by atoms with E-state index in [1.54, 1.807) is 24.3 Å². The number of amides is 2. The maximum absolute atomic E-state index is 12.2. The third kappa shape index (κ3) is 8.25. The molecule has 156 valence electrons. The van der Waals surface area contributed by atoms with E-state index in [-0.39, 0.29) is 18.4 Å². The normalized spacial score (nSPS) is 10.5. The van der Waals surface area contributed by atoms with Crippen LogP contribution in [-0.4, -0.2) is 31.5 Å². The van der Waals surface area contributed by atoms with E-state index in [1.165, 1.54) is 0 Å². The van der Waals surface area contributed by atoms with Crippen molar-refractivity contribution in [2.24, 2.45) is 5.92 Å². The first-order valence-electron chi connectivity index (χ1n) is 10.1. The van der Waals surface area contributed by atoms with Crippen LogP contribution in [0.2, 0.25) is 0 Å². The fourth-order valence-corrected chi connectivity index (χ4v) is 2.54. The van der Waals surface area contributed by atoms with Gasteiger partial charge in [-0.2, -0.15) is 0 Å². The van der Waals surface area contributed by atoms with Gasteiger partial charge in [0.15, 0.2) is 0 Å². The van der Waals surface area contributed by atoms with Gasteiger partial charge in [0.25, 0.3) is 5.91 Å². The summed E-state index contributed by atoms with van der Waals surface area (Å²) in [5, 5.41) is 8.74. The summed E-state index contributed by atoms with van der Waals surface area (Å²) in [6, 6.07) is 14.4. The van der Waals surface area contributed by atoms with E-state index in [0.717, 1.165) is 24.3 Å². The summed E-state index contributed by atoms with van der Waals surface area (Å²) in [7, 11) is 0. The molecule has 0 aliphatic rings. The van der Waals surface area contributed by atoms with Gasteiger partial charge in [0, 0.05) is 29.5 Å². The molecule has 0 fully saturated rings. The minimum Gasteiger partial charge on any atom is -0.494 e. The molecule has 2 aromatic rings. The number of hydrogen-bond donors (Lipinski definition) is 3. The Balaban J connectivity index is 1.80. The highest BCUT2D eigenvalue weighted by Crippen LogP contribution is 2.18. The van der Waals surface area contributed by atoms with Crippen LogP contribution in [0.15, 0.2) is 48.5 Å². The largest absolute Gasteiger partial charge is 0.494 e. The van der Waals surface area contributed by atoms with E-state index in [1.807, 2.05) is 31.2 Å². The Morgan fingerprint density at radius 1 is 1.03 bits per heavy atom. The highest BCUT2D eigenvalue weighted by molar-refractivity contribution is 5.96. The number of hydrogen-bond acceptors (Lipinski definition) is 4. The van der Waals surface area contributed by atoms with Crippen molar-refractivity contribution in [1.82, 2.24) is 5.32 Å². The molecule has 0 aliphatic carbocycles. The Kier molecular flexibility index (Phi) is 9.02. The summed E-state index contributed by atoms with van der Waals surface area (Å²) in [4.78, 5) is 24.1. The molecule has 6 heteroatoms. The van der Waals surface area contributed by atoms with Gasteiger partial charge in [-0.05, 0) is 55.2 Å². The molecule has 0 bridgehead atoms. The van der Waals surface area contributed by atoms with Crippen molar-refractivity contribution in [1.29, 1.82) is 0 Å². The number of carbonyl (C=O) groups excluding carboxylic acids is 2. The standard InChI is InChI=1S/C23H31N3O3/c1-4-13-24-23(28)18-8-10-19(11-9-18)26-22(27)16-25-20-6-5-7-21(15-20)29-14-12-17(2)3/h5-11,15,17,25H,4,12-14,16H2,1-3H3,(H,24,28)(H,26,27). The van der Waals surface area contributed by atoms with Crippen LogP contribution in [0.3, 0.4) is 0 Å². The molecule has 0 saturated heterocycles. The summed E-state index contributed by atoms with van der Waals surface area (Å²) >= 11 is 0. The zero-order valence-corrected chi connectivity index (χ0v) is 17.5. The van der Waals surface area contributed by atoms with E-state index < -0.39 is 0 Å². The van der Waals surface area contributed by atoms with Gasteiger partial charge in [0.1, 0.15) is 5.75 Å². The number of nitrogens with one attached hydrogen (secondary N) is 3. The van der Waals surface area contributed by atoms with Crippen LogP contribution in [0.1, 0.15) is 44.0 Å². The van der Waals surface area contributed by atoms with Crippen LogP contribution in [0.4, 0.5) is 11.4 Å². The van der Waals surface area contributed by atoms with Gasteiger partial charge in [-0.1, -0.05) is 26.8 Å². The molecule has 0 aliphatic heterocycles. The van der Waals surface area contributed by atoms with E-state index >= 15 is 0 Å². The molecular formula is C23H31N3O3. The minimum absolute atomic E-state index is 0.109. The zero-order chi connectivity index (χ0) is 21.1. The molecule has 2 rings (SSSR count). The summed E-state index contributed by atoms with van der Waals surface area (Å²) in [6.45, 7) is 7.78. The maximum atomic E-state index is 12.2. The lowest BCUT2D eigenvalue weighted by Gasteiger charge is -2.11. The predicted molar refractivity (Wildman–Crippen MR) is 118 cm³/mol. The number of anilines is 2. The maximum Gasteiger partial charge on any atom is 0.251 e. The lowest BCUT2D eigenvalue weighted by Crippen LogP contribution is -2.24. The van der Waals surface area contributed by atoms with Crippen LogP contribution in [0.25, 0.3) is 0 Å². The summed E-state index contributed by atoms with van der Waals surface area (Å²) in [5.74, 6) is 1.11. The molecule has 2 aromatic carbocycles. The fourth-order valence-electron chi connectivity index (χ4n) is 2.54. The molecule has 2 amide bonds. The number of ether oxygens (including phenoxy) is 1. The first-order valence-corrected chi connectivity index (χ1v) is 10.1. The number of rotatable bonds is 11. The Morgan fingerprint density at radius 2 is 1.79 bits per heavy atom. The van der Waals surface area contributed by atoms with E-state index in [4.69, 9.17) is 4.74 Å². The predicted octanol–water partition coefficient (Wildman–Crippen LogP) is 4.30. The van der Waals surface area contributed by atoms with Gasteiger partial charge in [0.2, 0.25) is 5.91 Å². The lowest BCUT2D eigenvalue weighted by atomic mass is 10.1. The SMILES string of the molecule is CCCNC(=O)c1ccc(NC(=O)CNc2cccc(OCCC(C)C)c2)cc1. The second-order valence-electron chi connectivity index (χ2n) is 7.29. The van der Waals surface area contributed by atoms with Gasteiger partial charge in [0.05, 0.1) is 13.2 Å². The van der Waals surface area contributed by atoms with Crippen molar-refractivity contribution in [3.8, 4) is 5.75 Å². The van der Waals surface area contributed by atoms with Crippen molar-refractivity contribution < 1.29 is 14.3 Å². The van der Waals surface area contributed by atoms with Crippen molar-refractivity contribution in [2.75, 3.05) is 30.3 Å². The molecular weight excluding hydrogens is 366 g/mol. The van der Waals surface area contributed by atoms with Crippen LogP contribution in [0, 0.1) is 5.92 Å². The van der Waals surface area contributed by atoms with Crippen molar-refractivity contribution >= 4 is 23.2 Å². The van der Waals surface area contributed by atoms with Gasteiger partial charge in [-0.3, -0.25) is 9.59 Å². The van der Waals surface area contributed by atoms with Crippen LogP contribution in [0.5, 0.6) is 5.75 Å². The van der Waals surface area contributed by atoms with Crippen LogP contribution in [-0.2, 0) is 4.79 Å². The molecule has 6 nitrogen and oxygen atoms in total. The Hall–Kier alpha value is -3.02. The topological polar surface area (TPSA) is 79.5 Å². The molecule has 29 heavy (non-hydrogen) atoms. The molecule has 0 radical (unpaired) electrons. The minimum atomic E-state index is -0.167. The molecule has 0 atom stereocenters. The molecule has 0 saturated carbocycles. The molecule has 0 spiro atoms. The highest BCUT2D eigenvalue weighted by atomic mass is 16.5. The summed E-state index contributed by atoms with van der Waals surface area (Å²) in [6.07, 6.45) is 1.89. The Morgan fingerprint density at radius 3 is 2.48 bits per heavy atom. The molecule has 0 aromatic heterocycles. The second-order valence-corrected chi connectivity index (χ2v) is 7.29. The van der Waals surface area contributed by atoms with E-state index in [0.29, 0.717) is 30.3 Å². The average molecular weight is 398 g/mol. The summed E-state index contributed by atoms with van der Waals surface area (Å²) in [5.41, 5.74) is 2.05. The highest BCUT2D eigenvalue weighted by Gasteiger charge is 2.07. The van der Waals surface area contributed by atoms with Gasteiger partial charge < -0.3 is 20.7 Å². The van der Waals surface area contributed by atoms with Crippen molar-refractivity contribution in [2.45, 2.75) is 33.6 Å². The average Bonchev–Trinajstić information content (AvgIpc) is 2.71. The van der Waals surface area contributed by atoms with Gasteiger partial charge >= 0.3 is 0 Å². The van der Waals surface area contributed by atoms with Crippen LogP contribution >= 0.6 is 0 Å². The molecule has 3 N–H and O–H groups in total. The monoisotopic (exact) mass is 397 g/mol. The molecule has 0 heterocycles. The smallest absolute Gasteiger partial charge is 0.251 e. The Labute approximate surface area is 173 Å². The second kappa shape index (κ2) is 11.7. The Bertz CT molecular complexity index is 788. The first kappa shape index (κ1) is 22.3. The fraction of sp³-hybridized carbons (Fsp3) is 0.391. The number of carbonyl (C=O) groups is 2. The van der Waals surface area contributed by atoms with Crippen molar-refractivity contribution in [3.05, 3.63) is 54.1 Å². The van der Waals surface area contributed by atoms with Gasteiger partial charge in [-0.15, -0.1) is 0 Å². The third-order valence-electron chi connectivity index (χ3n) is 4.22. The summed E-state index contributed by atoms with van der Waals surface area (Å²) < 4.78 is 5.74. The van der Waals surface area contributed by atoms with Crippen molar-refractivity contribution in [3.63, 3.8) is 0 Å². The zero-order valence-electron chi connectivity index (χ0n) is 17.5. The third-order valence-corrected chi connectivity index (χ3v) is 4.22. The molecule has 0 unspecified atom stereocenters. The van der Waals surface area contributed by atoms with E-state index in [2.05, 4.69) is 29.8 Å². The number of benzene rings is 2. The first-order chi connectivity index (χ1) is 14.0. The van der Waals surface area contributed by atoms with E-state index in [9.17, 15) is 9.59 Å².